The van der Waals surface area contributed by atoms with Crippen molar-refractivity contribution in [2.45, 2.75) is 0 Å². The SMILES string of the molecule is O=C(NNC(=O)c1cccc2ccccc12)c1ccccc1Cl. The molecule has 0 saturated heterocycles. The molecule has 0 unspecified atom stereocenters. The van der Waals surface area contributed by atoms with Crippen molar-refractivity contribution in [2.24, 2.45) is 0 Å². The van der Waals surface area contributed by atoms with Crippen molar-refractivity contribution in [2.75, 3.05) is 0 Å². The molecule has 0 heterocycles. The van der Waals surface area contributed by atoms with Crippen LogP contribution in [-0.2, 0) is 0 Å². The normalized spacial score (nSPS) is 10.3. The van der Waals surface area contributed by atoms with Crippen molar-refractivity contribution in [1.82, 2.24) is 10.9 Å². The molecular weight excluding hydrogens is 312 g/mol. The fourth-order valence-electron chi connectivity index (χ4n) is 2.32. The number of hydrogen-bond acceptors (Lipinski definition) is 2. The van der Waals surface area contributed by atoms with E-state index in [0.29, 0.717) is 16.1 Å². The van der Waals surface area contributed by atoms with E-state index >= 15 is 0 Å². The van der Waals surface area contributed by atoms with Crippen molar-refractivity contribution in [3.05, 3.63) is 82.9 Å². The molecule has 3 rings (SSSR count). The fourth-order valence-corrected chi connectivity index (χ4v) is 2.54. The summed E-state index contributed by atoms with van der Waals surface area (Å²) < 4.78 is 0. The number of benzene rings is 3. The average molecular weight is 325 g/mol. The first-order valence-corrected chi connectivity index (χ1v) is 7.37. The van der Waals surface area contributed by atoms with Gasteiger partial charge < -0.3 is 0 Å². The second-order valence-corrected chi connectivity index (χ2v) is 5.32. The fraction of sp³-hybridized carbons (Fsp3) is 0. The zero-order valence-electron chi connectivity index (χ0n) is 12.0. The zero-order valence-corrected chi connectivity index (χ0v) is 12.8. The molecular formula is C18H13ClN2O2. The summed E-state index contributed by atoms with van der Waals surface area (Å²) in [6.07, 6.45) is 0. The third-order valence-electron chi connectivity index (χ3n) is 3.44. The average Bonchev–Trinajstić information content (AvgIpc) is 2.59. The Hall–Kier alpha value is -2.85. The first kappa shape index (κ1) is 15.1. The van der Waals surface area contributed by atoms with E-state index in [9.17, 15) is 9.59 Å². The maximum atomic E-state index is 12.3. The standard InChI is InChI=1S/C18H13ClN2O2/c19-16-11-4-3-9-15(16)18(23)21-20-17(22)14-10-5-7-12-6-1-2-8-13(12)14/h1-11H,(H,20,22)(H,21,23). The molecule has 3 aromatic rings. The Kier molecular flexibility index (Phi) is 4.26. The summed E-state index contributed by atoms with van der Waals surface area (Å²) in [5.41, 5.74) is 5.59. The molecule has 0 aliphatic heterocycles. The van der Waals surface area contributed by atoms with Crippen LogP contribution in [0.4, 0.5) is 0 Å². The summed E-state index contributed by atoms with van der Waals surface area (Å²) in [6, 6.07) is 19.6. The van der Waals surface area contributed by atoms with Crippen LogP contribution in [0, 0.1) is 0 Å². The van der Waals surface area contributed by atoms with Crippen LogP contribution in [0.25, 0.3) is 10.8 Å². The van der Waals surface area contributed by atoms with E-state index in [1.54, 1.807) is 36.4 Å². The summed E-state index contributed by atoms with van der Waals surface area (Å²) in [5.74, 6) is -0.855. The molecule has 0 fully saturated rings. The molecule has 0 bridgehead atoms. The van der Waals surface area contributed by atoms with Gasteiger partial charge in [0, 0.05) is 5.56 Å². The number of hydrazine groups is 1. The minimum absolute atomic E-state index is 0.299. The molecule has 0 atom stereocenters. The lowest BCUT2D eigenvalue weighted by Crippen LogP contribution is -2.41. The van der Waals surface area contributed by atoms with Crippen LogP contribution in [-0.4, -0.2) is 11.8 Å². The molecule has 0 radical (unpaired) electrons. The van der Waals surface area contributed by atoms with Gasteiger partial charge in [0.2, 0.25) is 0 Å². The highest BCUT2D eigenvalue weighted by Crippen LogP contribution is 2.18. The van der Waals surface area contributed by atoms with E-state index in [1.807, 2.05) is 30.3 Å². The molecule has 23 heavy (non-hydrogen) atoms. The van der Waals surface area contributed by atoms with Crippen molar-refractivity contribution < 1.29 is 9.59 Å². The van der Waals surface area contributed by atoms with Crippen LogP contribution in [0.5, 0.6) is 0 Å². The topological polar surface area (TPSA) is 58.2 Å². The van der Waals surface area contributed by atoms with Gasteiger partial charge in [-0.3, -0.25) is 20.4 Å². The van der Waals surface area contributed by atoms with Gasteiger partial charge in [-0.05, 0) is 29.0 Å². The summed E-state index contributed by atoms with van der Waals surface area (Å²) >= 11 is 5.96. The maximum absolute atomic E-state index is 12.3. The third-order valence-corrected chi connectivity index (χ3v) is 3.77. The van der Waals surface area contributed by atoms with E-state index in [0.717, 1.165) is 10.8 Å². The van der Waals surface area contributed by atoms with E-state index in [2.05, 4.69) is 10.9 Å². The summed E-state index contributed by atoms with van der Waals surface area (Å²) in [4.78, 5) is 24.4. The molecule has 2 N–H and O–H groups in total. The van der Waals surface area contributed by atoms with Crippen LogP contribution in [0.1, 0.15) is 20.7 Å². The Labute approximate surface area is 138 Å². The van der Waals surface area contributed by atoms with Gasteiger partial charge >= 0.3 is 0 Å². The first-order chi connectivity index (χ1) is 11.2. The van der Waals surface area contributed by atoms with Crippen molar-refractivity contribution in [3.8, 4) is 0 Å². The minimum Gasteiger partial charge on any atom is -0.267 e. The largest absolute Gasteiger partial charge is 0.271 e. The summed E-state index contributed by atoms with van der Waals surface area (Å²) in [6.45, 7) is 0. The highest BCUT2D eigenvalue weighted by atomic mass is 35.5. The van der Waals surface area contributed by atoms with E-state index < -0.39 is 5.91 Å². The molecule has 4 nitrogen and oxygen atoms in total. The first-order valence-electron chi connectivity index (χ1n) is 7.00. The molecule has 3 aromatic carbocycles. The van der Waals surface area contributed by atoms with Gasteiger partial charge in [-0.15, -0.1) is 0 Å². The van der Waals surface area contributed by atoms with E-state index in [-0.39, 0.29) is 5.91 Å². The Morgan fingerprint density at radius 1 is 0.696 bits per heavy atom. The molecule has 0 aromatic heterocycles. The van der Waals surface area contributed by atoms with Gasteiger partial charge in [0.25, 0.3) is 11.8 Å². The number of halogens is 1. The number of hydrogen-bond donors (Lipinski definition) is 2. The Bertz CT molecular complexity index is 888. The number of nitrogens with one attached hydrogen (secondary N) is 2. The molecule has 0 aliphatic carbocycles. The second-order valence-electron chi connectivity index (χ2n) is 4.91. The minimum atomic E-state index is -0.468. The highest BCUT2D eigenvalue weighted by Gasteiger charge is 2.13. The van der Waals surface area contributed by atoms with Crippen molar-refractivity contribution >= 4 is 34.2 Å². The molecule has 2 amide bonds. The molecule has 0 spiro atoms. The highest BCUT2D eigenvalue weighted by molar-refractivity contribution is 6.33. The number of carbonyl (C=O) groups is 2. The Balaban J connectivity index is 1.77. The van der Waals surface area contributed by atoms with Crippen LogP contribution in [0.3, 0.4) is 0 Å². The van der Waals surface area contributed by atoms with Gasteiger partial charge in [0.05, 0.1) is 10.6 Å². The van der Waals surface area contributed by atoms with Crippen LogP contribution < -0.4 is 10.9 Å². The van der Waals surface area contributed by atoms with Crippen LogP contribution in [0.2, 0.25) is 5.02 Å². The van der Waals surface area contributed by atoms with Gasteiger partial charge in [0.1, 0.15) is 0 Å². The lowest BCUT2D eigenvalue weighted by molar-refractivity contribution is 0.0847. The number of rotatable bonds is 2. The lowest BCUT2D eigenvalue weighted by atomic mass is 10.0. The Morgan fingerprint density at radius 2 is 1.26 bits per heavy atom. The number of fused-ring (bicyclic) bond motifs is 1. The predicted molar refractivity (Wildman–Crippen MR) is 90.3 cm³/mol. The van der Waals surface area contributed by atoms with E-state index in [4.69, 9.17) is 11.6 Å². The van der Waals surface area contributed by atoms with Crippen LogP contribution in [0.15, 0.2) is 66.7 Å². The monoisotopic (exact) mass is 324 g/mol. The lowest BCUT2D eigenvalue weighted by Gasteiger charge is -2.10. The number of amides is 2. The predicted octanol–water partition coefficient (Wildman–Crippen LogP) is 3.57. The van der Waals surface area contributed by atoms with Crippen molar-refractivity contribution in [1.29, 1.82) is 0 Å². The summed E-state index contributed by atoms with van der Waals surface area (Å²) in [5, 5.41) is 2.10. The molecule has 0 saturated carbocycles. The Morgan fingerprint density at radius 3 is 2.04 bits per heavy atom. The quantitative estimate of drug-likeness (QED) is 0.708. The van der Waals surface area contributed by atoms with Crippen LogP contribution >= 0.6 is 11.6 Å². The van der Waals surface area contributed by atoms with Gasteiger partial charge in [-0.1, -0.05) is 60.1 Å². The van der Waals surface area contributed by atoms with Gasteiger partial charge in [0.15, 0.2) is 0 Å². The summed E-state index contributed by atoms with van der Waals surface area (Å²) in [7, 11) is 0. The van der Waals surface area contributed by atoms with Gasteiger partial charge in [-0.25, -0.2) is 0 Å². The molecule has 114 valence electrons. The van der Waals surface area contributed by atoms with E-state index in [1.165, 1.54) is 0 Å². The maximum Gasteiger partial charge on any atom is 0.271 e. The zero-order chi connectivity index (χ0) is 16.2. The van der Waals surface area contributed by atoms with Gasteiger partial charge in [-0.2, -0.15) is 0 Å². The molecule has 0 aliphatic rings. The third kappa shape index (κ3) is 3.17. The smallest absolute Gasteiger partial charge is 0.267 e. The number of carbonyl (C=O) groups excluding carboxylic acids is 2. The van der Waals surface area contributed by atoms with Crippen molar-refractivity contribution in [3.63, 3.8) is 0 Å². The second kappa shape index (κ2) is 6.50. The molecule has 5 heteroatoms.